The van der Waals surface area contributed by atoms with Crippen molar-refractivity contribution in [2.45, 2.75) is 45.6 Å². The monoisotopic (exact) mass is 317 g/mol. The first-order chi connectivity index (χ1) is 8.47. The summed E-state index contributed by atoms with van der Waals surface area (Å²) in [4.78, 5) is 11.9. The number of aromatic amines is 1. The van der Waals surface area contributed by atoms with Gasteiger partial charge < -0.3 is 10.4 Å². The van der Waals surface area contributed by atoms with Crippen molar-refractivity contribution in [1.29, 1.82) is 0 Å². The van der Waals surface area contributed by atoms with Gasteiger partial charge in [-0.15, -0.1) is 0 Å². The van der Waals surface area contributed by atoms with Crippen molar-refractivity contribution in [3.8, 4) is 0 Å². The zero-order valence-electron chi connectivity index (χ0n) is 11.0. The van der Waals surface area contributed by atoms with Gasteiger partial charge in [0.1, 0.15) is 0 Å². The van der Waals surface area contributed by atoms with E-state index in [1.54, 1.807) is 0 Å². The second-order valence-corrected chi connectivity index (χ2v) is 5.35. The number of aliphatic hydroxyl groups is 1. The molecule has 1 rings (SSSR count). The van der Waals surface area contributed by atoms with Gasteiger partial charge in [0, 0.05) is 6.54 Å². The molecule has 1 heterocycles. The van der Waals surface area contributed by atoms with E-state index in [1.165, 1.54) is 0 Å². The van der Waals surface area contributed by atoms with Crippen molar-refractivity contribution in [1.82, 2.24) is 15.5 Å². The molecule has 0 radical (unpaired) electrons. The van der Waals surface area contributed by atoms with Crippen LogP contribution in [0.15, 0.2) is 4.47 Å². The lowest BCUT2D eigenvalue weighted by molar-refractivity contribution is 0.0936. The number of hydrogen-bond donors (Lipinski definition) is 3. The number of aromatic nitrogens is 2. The van der Waals surface area contributed by atoms with Crippen LogP contribution in [-0.4, -0.2) is 33.9 Å². The number of halogens is 1. The first kappa shape index (κ1) is 15.2. The molecule has 0 spiro atoms. The van der Waals surface area contributed by atoms with Crippen LogP contribution in [0.1, 0.15) is 55.7 Å². The molecule has 18 heavy (non-hydrogen) atoms. The number of carbonyl (C=O) groups excluding carboxylic acids is 1. The first-order valence-electron chi connectivity index (χ1n) is 6.17. The van der Waals surface area contributed by atoms with E-state index in [1.807, 2.05) is 20.8 Å². The molecule has 3 N–H and O–H groups in total. The van der Waals surface area contributed by atoms with Crippen LogP contribution < -0.4 is 5.32 Å². The van der Waals surface area contributed by atoms with E-state index < -0.39 is 0 Å². The van der Waals surface area contributed by atoms with E-state index in [4.69, 9.17) is 0 Å². The standard InChI is InChI=1S/C12H20BrN3O2/c1-4-8(17)5-6-14-12(18)11-9(13)10(7(2)3)15-16-11/h7-8,17H,4-6H2,1-3H3,(H,14,18)(H,15,16). The zero-order chi connectivity index (χ0) is 13.7. The van der Waals surface area contributed by atoms with E-state index in [0.717, 1.165) is 5.69 Å². The summed E-state index contributed by atoms with van der Waals surface area (Å²) in [6.07, 6.45) is 0.889. The molecule has 0 aliphatic carbocycles. The van der Waals surface area contributed by atoms with E-state index in [-0.39, 0.29) is 17.9 Å². The van der Waals surface area contributed by atoms with Crippen molar-refractivity contribution >= 4 is 21.8 Å². The molecule has 1 unspecified atom stereocenters. The van der Waals surface area contributed by atoms with E-state index >= 15 is 0 Å². The Bertz CT molecular complexity index is 404. The quantitative estimate of drug-likeness (QED) is 0.752. The maximum atomic E-state index is 11.9. The Morgan fingerprint density at radius 1 is 1.56 bits per heavy atom. The van der Waals surface area contributed by atoms with Gasteiger partial charge in [-0.05, 0) is 34.7 Å². The first-order valence-corrected chi connectivity index (χ1v) is 6.96. The molecule has 5 nitrogen and oxygen atoms in total. The predicted octanol–water partition coefficient (Wildman–Crippen LogP) is 2.19. The van der Waals surface area contributed by atoms with Crippen LogP contribution in [0.25, 0.3) is 0 Å². The molecule has 6 heteroatoms. The Morgan fingerprint density at radius 2 is 2.22 bits per heavy atom. The second-order valence-electron chi connectivity index (χ2n) is 4.56. The number of nitrogens with zero attached hydrogens (tertiary/aromatic N) is 1. The zero-order valence-corrected chi connectivity index (χ0v) is 12.5. The second kappa shape index (κ2) is 6.89. The molecule has 0 fully saturated rings. The van der Waals surface area contributed by atoms with Crippen molar-refractivity contribution in [2.24, 2.45) is 0 Å². The fraction of sp³-hybridized carbons (Fsp3) is 0.667. The number of aliphatic hydroxyl groups excluding tert-OH is 1. The lowest BCUT2D eigenvalue weighted by Gasteiger charge is -2.08. The molecule has 0 aromatic carbocycles. The summed E-state index contributed by atoms with van der Waals surface area (Å²) in [5.74, 6) is 0.0451. The lowest BCUT2D eigenvalue weighted by Crippen LogP contribution is -2.27. The van der Waals surface area contributed by atoms with E-state index in [2.05, 4.69) is 31.4 Å². The van der Waals surface area contributed by atoms with Crippen LogP contribution >= 0.6 is 15.9 Å². The molecular formula is C12H20BrN3O2. The lowest BCUT2D eigenvalue weighted by atomic mass is 10.1. The highest BCUT2D eigenvalue weighted by molar-refractivity contribution is 9.10. The van der Waals surface area contributed by atoms with Gasteiger partial charge in [-0.2, -0.15) is 5.10 Å². The topological polar surface area (TPSA) is 78.0 Å². The summed E-state index contributed by atoms with van der Waals surface area (Å²) >= 11 is 3.38. The highest BCUT2D eigenvalue weighted by atomic mass is 79.9. The highest BCUT2D eigenvalue weighted by Crippen LogP contribution is 2.25. The number of hydrogen-bond acceptors (Lipinski definition) is 3. The number of carbonyl (C=O) groups is 1. The van der Waals surface area contributed by atoms with Crippen LogP contribution in [0.5, 0.6) is 0 Å². The predicted molar refractivity (Wildman–Crippen MR) is 73.6 cm³/mol. The van der Waals surface area contributed by atoms with Crippen LogP contribution in [-0.2, 0) is 0 Å². The Labute approximate surface area is 115 Å². The van der Waals surface area contributed by atoms with Crippen LogP contribution in [0.4, 0.5) is 0 Å². The third kappa shape index (κ3) is 3.81. The average molecular weight is 318 g/mol. The van der Waals surface area contributed by atoms with E-state index in [0.29, 0.717) is 29.6 Å². The fourth-order valence-corrected chi connectivity index (χ4v) is 2.33. The molecule has 1 aromatic rings. The summed E-state index contributed by atoms with van der Waals surface area (Å²) in [5.41, 5.74) is 1.28. The van der Waals surface area contributed by atoms with Crippen LogP contribution in [0.3, 0.4) is 0 Å². The Kier molecular flexibility index (Phi) is 5.81. The summed E-state index contributed by atoms with van der Waals surface area (Å²) < 4.78 is 0.714. The van der Waals surface area contributed by atoms with Gasteiger partial charge in [0.25, 0.3) is 5.91 Å². The SMILES string of the molecule is CCC(O)CCNC(=O)c1n[nH]c(C(C)C)c1Br. The molecule has 0 aliphatic heterocycles. The Morgan fingerprint density at radius 3 is 2.72 bits per heavy atom. The minimum atomic E-state index is -0.362. The molecular weight excluding hydrogens is 298 g/mol. The normalized spacial score (nSPS) is 12.8. The fourth-order valence-electron chi connectivity index (χ4n) is 1.52. The summed E-state index contributed by atoms with van der Waals surface area (Å²) in [6, 6.07) is 0. The smallest absolute Gasteiger partial charge is 0.272 e. The average Bonchev–Trinajstić information content (AvgIpc) is 2.70. The summed E-state index contributed by atoms with van der Waals surface area (Å²) in [5, 5.41) is 19.0. The van der Waals surface area contributed by atoms with Gasteiger partial charge >= 0.3 is 0 Å². The van der Waals surface area contributed by atoms with Crippen molar-refractivity contribution < 1.29 is 9.90 Å². The Balaban J connectivity index is 2.57. The molecule has 1 atom stereocenters. The molecule has 0 bridgehead atoms. The van der Waals surface area contributed by atoms with Gasteiger partial charge in [-0.1, -0.05) is 20.8 Å². The molecule has 1 amide bonds. The number of nitrogens with one attached hydrogen (secondary N) is 2. The molecule has 1 aromatic heterocycles. The molecule has 0 aliphatic rings. The third-order valence-corrected chi connectivity index (χ3v) is 3.56. The minimum Gasteiger partial charge on any atom is -0.393 e. The summed E-state index contributed by atoms with van der Waals surface area (Å²) in [7, 11) is 0. The number of H-pyrrole nitrogens is 1. The van der Waals surface area contributed by atoms with Crippen molar-refractivity contribution in [2.75, 3.05) is 6.54 Å². The highest BCUT2D eigenvalue weighted by Gasteiger charge is 2.18. The van der Waals surface area contributed by atoms with Crippen molar-refractivity contribution in [3.05, 3.63) is 15.9 Å². The Hall–Kier alpha value is -0.880. The van der Waals surface area contributed by atoms with E-state index in [9.17, 15) is 9.90 Å². The summed E-state index contributed by atoms with van der Waals surface area (Å²) in [6.45, 7) is 6.41. The number of amides is 1. The largest absolute Gasteiger partial charge is 0.393 e. The maximum absolute atomic E-state index is 11.9. The van der Waals surface area contributed by atoms with Gasteiger partial charge in [0.15, 0.2) is 5.69 Å². The van der Waals surface area contributed by atoms with Crippen molar-refractivity contribution in [3.63, 3.8) is 0 Å². The van der Waals surface area contributed by atoms with Gasteiger partial charge in [0.05, 0.1) is 16.3 Å². The molecule has 102 valence electrons. The maximum Gasteiger partial charge on any atom is 0.272 e. The molecule has 0 saturated heterocycles. The van der Waals surface area contributed by atoms with Gasteiger partial charge in [-0.3, -0.25) is 9.89 Å². The molecule has 0 saturated carbocycles. The van der Waals surface area contributed by atoms with Crippen LogP contribution in [0.2, 0.25) is 0 Å². The van der Waals surface area contributed by atoms with Gasteiger partial charge in [0.2, 0.25) is 0 Å². The van der Waals surface area contributed by atoms with Crippen LogP contribution in [0, 0.1) is 0 Å². The third-order valence-electron chi connectivity index (χ3n) is 2.76. The van der Waals surface area contributed by atoms with Gasteiger partial charge in [-0.25, -0.2) is 0 Å². The number of rotatable bonds is 6. The minimum absolute atomic E-state index is 0.228.